The highest BCUT2D eigenvalue weighted by Gasteiger charge is 2.55. The van der Waals surface area contributed by atoms with Crippen LogP contribution in [-0.4, -0.2) is 11.8 Å². The van der Waals surface area contributed by atoms with Crippen molar-refractivity contribution >= 4 is 11.8 Å². The lowest BCUT2D eigenvalue weighted by atomic mass is 9.60. The Balaban J connectivity index is 2.46. The summed E-state index contributed by atoms with van der Waals surface area (Å²) in [5.41, 5.74) is -0.764. The normalized spacial score (nSPS) is 31.0. The average Bonchev–Trinajstić information content (AvgIpc) is 2.56. The van der Waals surface area contributed by atoms with Crippen molar-refractivity contribution in [1.29, 1.82) is 10.5 Å². The Kier molecular flexibility index (Phi) is 3.34. The number of hydrogen-bond donors (Lipinski definition) is 1. The van der Waals surface area contributed by atoms with Crippen LogP contribution in [0.1, 0.15) is 38.5 Å². The number of hydrogen-bond acceptors (Lipinski definition) is 4. The van der Waals surface area contributed by atoms with E-state index in [1.54, 1.807) is 0 Å². The molecule has 0 aromatic carbocycles. The van der Waals surface area contributed by atoms with Gasteiger partial charge in [-0.25, -0.2) is 0 Å². The number of nitriles is 2. The lowest BCUT2D eigenvalue weighted by Crippen LogP contribution is -2.57. The molecule has 0 radical (unpaired) electrons. The van der Waals surface area contributed by atoms with Gasteiger partial charge in [-0.05, 0) is 12.8 Å². The highest BCUT2D eigenvalue weighted by molar-refractivity contribution is 6.03. The number of carbonyl (C=O) groups is 2. The van der Waals surface area contributed by atoms with Gasteiger partial charge < -0.3 is 0 Å². The van der Waals surface area contributed by atoms with E-state index in [4.69, 9.17) is 0 Å². The number of nitrogens with zero attached hydrogens (tertiary/aromatic N) is 2. The van der Waals surface area contributed by atoms with Gasteiger partial charge in [-0.2, -0.15) is 10.5 Å². The lowest BCUT2D eigenvalue weighted by Gasteiger charge is -2.42. The predicted octanol–water partition coefficient (Wildman–Crippen LogP) is 1.26. The van der Waals surface area contributed by atoms with Crippen LogP contribution in [0.4, 0.5) is 0 Å². The summed E-state index contributed by atoms with van der Waals surface area (Å²) < 4.78 is 0. The van der Waals surface area contributed by atoms with Gasteiger partial charge in [0.15, 0.2) is 0 Å². The fourth-order valence-electron chi connectivity index (χ4n) is 3.29. The Bertz CT molecular complexity index is 416. The number of rotatable bonds is 0. The first-order valence-corrected chi connectivity index (χ1v) is 6.29. The van der Waals surface area contributed by atoms with Crippen molar-refractivity contribution in [3.63, 3.8) is 0 Å². The molecule has 5 heteroatoms. The van der Waals surface area contributed by atoms with Crippen molar-refractivity contribution in [2.75, 3.05) is 0 Å². The fourth-order valence-corrected chi connectivity index (χ4v) is 3.29. The monoisotopic (exact) mass is 245 g/mol. The van der Waals surface area contributed by atoms with E-state index in [1.165, 1.54) is 0 Å². The molecule has 1 saturated heterocycles. The summed E-state index contributed by atoms with van der Waals surface area (Å²) in [6, 6.07) is 4.02. The number of nitrogens with one attached hydrogen (secondary N) is 1. The Morgan fingerprint density at radius 3 is 1.78 bits per heavy atom. The number of amides is 2. The zero-order chi connectivity index (χ0) is 13.2. The molecule has 2 amide bonds. The molecule has 5 nitrogen and oxygen atoms in total. The molecular formula is C13H15N3O2. The topological polar surface area (TPSA) is 93.8 Å². The first-order chi connectivity index (χ1) is 8.65. The fraction of sp³-hybridized carbons (Fsp3) is 0.692. The SMILES string of the molecule is N#CC1C(=O)NC(=O)C(C#N)C12CCCCCC2. The third-order valence-electron chi connectivity index (χ3n) is 4.21. The summed E-state index contributed by atoms with van der Waals surface area (Å²) in [4.78, 5) is 23.6. The Morgan fingerprint density at radius 2 is 1.39 bits per heavy atom. The van der Waals surface area contributed by atoms with Gasteiger partial charge in [0, 0.05) is 5.41 Å². The van der Waals surface area contributed by atoms with Crippen molar-refractivity contribution in [1.82, 2.24) is 5.32 Å². The van der Waals surface area contributed by atoms with Crippen LogP contribution in [0.15, 0.2) is 0 Å². The van der Waals surface area contributed by atoms with E-state index >= 15 is 0 Å². The minimum absolute atomic E-state index is 0.532. The van der Waals surface area contributed by atoms with Gasteiger partial charge in [-0.15, -0.1) is 0 Å². The third kappa shape index (κ3) is 1.76. The van der Waals surface area contributed by atoms with Gasteiger partial charge in [0.1, 0.15) is 11.8 Å². The molecule has 2 fully saturated rings. The summed E-state index contributed by atoms with van der Waals surface area (Å²) in [6.45, 7) is 0. The van der Waals surface area contributed by atoms with Crippen molar-refractivity contribution in [2.45, 2.75) is 38.5 Å². The van der Waals surface area contributed by atoms with E-state index < -0.39 is 29.1 Å². The molecule has 2 rings (SSSR count). The first-order valence-electron chi connectivity index (χ1n) is 6.29. The number of piperidine rings is 1. The van der Waals surface area contributed by atoms with Gasteiger partial charge >= 0.3 is 0 Å². The molecule has 0 aromatic heterocycles. The minimum atomic E-state index is -0.877. The maximum atomic E-state index is 11.8. The summed E-state index contributed by atoms with van der Waals surface area (Å²) in [5.74, 6) is -2.82. The summed E-state index contributed by atoms with van der Waals surface area (Å²) in [7, 11) is 0. The summed E-state index contributed by atoms with van der Waals surface area (Å²) in [6.07, 6.45) is 5.04. The van der Waals surface area contributed by atoms with E-state index in [1.807, 2.05) is 12.1 Å². The summed E-state index contributed by atoms with van der Waals surface area (Å²) in [5, 5.41) is 20.6. The number of imide groups is 1. The van der Waals surface area contributed by atoms with Gasteiger partial charge in [0.2, 0.25) is 11.8 Å². The van der Waals surface area contributed by atoms with Crippen molar-refractivity contribution in [2.24, 2.45) is 17.3 Å². The molecule has 0 bridgehead atoms. The van der Waals surface area contributed by atoms with Crippen LogP contribution < -0.4 is 5.32 Å². The van der Waals surface area contributed by atoms with Crippen molar-refractivity contribution < 1.29 is 9.59 Å². The van der Waals surface area contributed by atoms with E-state index in [9.17, 15) is 20.1 Å². The molecule has 2 aliphatic rings. The second kappa shape index (κ2) is 4.78. The smallest absolute Gasteiger partial charge is 0.244 e. The van der Waals surface area contributed by atoms with E-state index in [0.29, 0.717) is 12.8 Å². The third-order valence-corrected chi connectivity index (χ3v) is 4.21. The van der Waals surface area contributed by atoms with E-state index in [-0.39, 0.29) is 0 Å². The van der Waals surface area contributed by atoms with E-state index in [0.717, 1.165) is 25.7 Å². The highest BCUT2D eigenvalue weighted by Crippen LogP contribution is 2.49. The molecule has 2 unspecified atom stereocenters. The molecular weight excluding hydrogens is 230 g/mol. The molecule has 1 aliphatic carbocycles. The Labute approximate surface area is 106 Å². The van der Waals surface area contributed by atoms with Crippen LogP contribution in [0.25, 0.3) is 0 Å². The zero-order valence-corrected chi connectivity index (χ0v) is 10.1. The Hall–Kier alpha value is -1.88. The molecule has 1 aliphatic heterocycles. The standard InChI is InChI=1S/C13H15N3O2/c14-7-9-11(17)16-12(18)10(8-15)13(9)5-3-1-2-4-6-13/h9-10H,1-6H2,(H,16,17,18). The van der Waals surface area contributed by atoms with Gasteiger partial charge in [0.25, 0.3) is 0 Å². The van der Waals surface area contributed by atoms with Gasteiger partial charge in [0.05, 0.1) is 12.1 Å². The molecule has 1 heterocycles. The first kappa shape index (κ1) is 12.6. The lowest BCUT2D eigenvalue weighted by molar-refractivity contribution is -0.145. The molecule has 18 heavy (non-hydrogen) atoms. The highest BCUT2D eigenvalue weighted by atomic mass is 16.2. The van der Waals surface area contributed by atoms with Crippen LogP contribution in [0.5, 0.6) is 0 Å². The molecule has 1 N–H and O–H groups in total. The van der Waals surface area contributed by atoms with E-state index in [2.05, 4.69) is 5.32 Å². The summed E-state index contributed by atoms with van der Waals surface area (Å²) >= 11 is 0. The molecule has 1 saturated carbocycles. The zero-order valence-electron chi connectivity index (χ0n) is 10.1. The minimum Gasteiger partial charge on any atom is -0.294 e. The van der Waals surface area contributed by atoms with Crippen LogP contribution in [-0.2, 0) is 9.59 Å². The largest absolute Gasteiger partial charge is 0.294 e. The van der Waals surface area contributed by atoms with Crippen LogP contribution >= 0.6 is 0 Å². The van der Waals surface area contributed by atoms with Crippen LogP contribution in [0.2, 0.25) is 0 Å². The average molecular weight is 245 g/mol. The van der Waals surface area contributed by atoms with Crippen molar-refractivity contribution in [3.05, 3.63) is 0 Å². The predicted molar refractivity (Wildman–Crippen MR) is 61.5 cm³/mol. The van der Waals surface area contributed by atoms with Gasteiger partial charge in [-0.3, -0.25) is 14.9 Å². The number of carbonyl (C=O) groups excluding carboxylic acids is 2. The molecule has 94 valence electrons. The maximum Gasteiger partial charge on any atom is 0.244 e. The second-order valence-electron chi connectivity index (χ2n) is 5.13. The Morgan fingerprint density at radius 1 is 0.944 bits per heavy atom. The van der Waals surface area contributed by atoms with Crippen LogP contribution in [0, 0.1) is 39.9 Å². The molecule has 1 spiro atoms. The maximum absolute atomic E-state index is 11.8. The molecule has 2 atom stereocenters. The quantitative estimate of drug-likeness (QED) is 0.650. The molecule has 0 aromatic rings. The second-order valence-corrected chi connectivity index (χ2v) is 5.13. The van der Waals surface area contributed by atoms with Gasteiger partial charge in [-0.1, -0.05) is 25.7 Å². The van der Waals surface area contributed by atoms with Crippen molar-refractivity contribution in [3.8, 4) is 12.1 Å². The van der Waals surface area contributed by atoms with Crippen LogP contribution in [0.3, 0.4) is 0 Å².